The maximum absolute atomic E-state index is 12.5. The molecule has 146 valence electrons. The van der Waals surface area contributed by atoms with Crippen molar-refractivity contribution < 1.29 is 14.3 Å². The molecule has 2 aromatic heterocycles. The fraction of sp³-hybridized carbons (Fsp3) is 0.316. The van der Waals surface area contributed by atoms with E-state index in [-0.39, 0.29) is 17.5 Å². The standard InChI is InChI=1S/C19H20ClN5O3/c1-11(2)17-15(8-21-19-22-10-23-25(17)19)18(27)28-9-16(26)24-12(3)13-4-6-14(20)7-5-13/h4-8,10-12H,9H2,1-3H3,(H,24,26). The first-order valence-electron chi connectivity index (χ1n) is 8.77. The van der Waals surface area contributed by atoms with E-state index in [0.29, 0.717) is 16.5 Å². The summed E-state index contributed by atoms with van der Waals surface area (Å²) in [4.78, 5) is 32.8. The maximum atomic E-state index is 12.5. The number of hydrogen-bond donors (Lipinski definition) is 1. The van der Waals surface area contributed by atoms with Crippen LogP contribution < -0.4 is 5.32 Å². The van der Waals surface area contributed by atoms with Crippen LogP contribution in [0.5, 0.6) is 0 Å². The van der Waals surface area contributed by atoms with Crippen LogP contribution in [-0.2, 0) is 9.53 Å². The molecule has 1 N–H and O–H groups in total. The van der Waals surface area contributed by atoms with E-state index in [0.717, 1.165) is 5.56 Å². The number of benzene rings is 1. The zero-order valence-electron chi connectivity index (χ0n) is 15.7. The van der Waals surface area contributed by atoms with Crippen molar-refractivity contribution >= 4 is 29.3 Å². The number of amides is 1. The number of ether oxygens (including phenoxy) is 1. The summed E-state index contributed by atoms with van der Waals surface area (Å²) < 4.78 is 6.69. The summed E-state index contributed by atoms with van der Waals surface area (Å²) in [5.41, 5.74) is 1.78. The van der Waals surface area contributed by atoms with Gasteiger partial charge in [0.25, 0.3) is 11.7 Å². The molecule has 9 heteroatoms. The highest BCUT2D eigenvalue weighted by molar-refractivity contribution is 6.30. The van der Waals surface area contributed by atoms with Gasteiger partial charge in [-0.2, -0.15) is 10.1 Å². The van der Waals surface area contributed by atoms with Crippen molar-refractivity contribution in [3.63, 3.8) is 0 Å². The smallest absolute Gasteiger partial charge is 0.342 e. The minimum absolute atomic E-state index is 0.0199. The second-order valence-corrected chi connectivity index (χ2v) is 7.04. The number of fused-ring (bicyclic) bond motifs is 1. The predicted molar refractivity (Wildman–Crippen MR) is 103 cm³/mol. The fourth-order valence-corrected chi connectivity index (χ4v) is 2.96. The number of carbonyl (C=O) groups excluding carboxylic acids is 2. The molecule has 1 unspecified atom stereocenters. The molecular formula is C19H20ClN5O3. The van der Waals surface area contributed by atoms with Crippen molar-refractivity contribution in [1.29, 1.82) is 0 Å². The summed E-state index contributed by atoms with van der Waals surface area (Å²) in [6.07, 6.45) is 2.77. The van der Waals surface area contributed by atoms with Gasteiger partial charge in [-0.1, -0.05) is 37.6 Å². The summed E-state index contributed by atoms with van der Waals surface area (Å²) in [5, 5.41) is 7.51. The van der Waals surface area contributed by atoms with E-state index in [1.807, 2.05) is 32.9 Å². The molecule has 0 spiro atoms. The predicted octanol–water partition coefficient (Wildman–Crippen LogP) is 2.94. The Kier molecular flexibility index (Phi) is 5.89. The third-order valence-electron chi connectivity index (χ3n) is 4.19. The molecule has 1 amide bonds. The summed E-state index contributed by atoms with van der Waals surface area (Å²) in [7, 11) is 0. The SMILES string of the molecule is CC(C)c1c(C(=O)OCC(=O)NC(C)c2ccc(Cl)cc2)cnc2ncnn12. The second kappa shape index (κ2) is 8.35. The lowest BCUT2D eigenvalue weighted by Gasteiger charge is -2.15. The lowest BCUT2D eigenvalue weighted by molar-refractivity contribution is -0.124. The summed E-state index contributed by atoms with van der Waals surface area (Å²) in [5.74, 6) is -0.664. The Balaban J connectivity index is 1.65. The molecule has 0 bridgehead atoms. The Morgan fingerprint density at radius 3 is 2.57 bits per heavy atom. The van der Waals surface area contributed by atoms with Gasteiger partial charge in [-0.05, 0) is 30.5 Å². The Morgan fingerprint density at radius 2 is 1.89 bits per heavy atom. The molecule has 0 aliphatic heterocycles. The zero-order chi connectivity index (χ0) is 20.3. The molecule has 0 radical (unpaired) electrons. The van der Waals surface area contributed by atoms with Crippen LogP contribution >= 0.6 is 11.6 Å². The highest BCUT2D eigenvalue weighted by Crippen LogP contribution is 2.20. The van der Waals surface area contributed by atoms with Gasteiger partial charge in [0.2, 0.25) is 0 Å². The van der Waals surface area contributed by atoms with Gasteiger partial charge >= 0.3 is 5.97 Å². The normalized spacial score (nSPS) is 12.2. The third-order valence-corrected chi connectivity index (χ3v) is 4.44. The van der Waals surface area contributed by atoms with Crippen molar-refractivity contribution in [3.8, 4) is 0 Å². The largest absolute Gasteiger partial charge is 0.452 e. The number of carbonyl (C=O) groups is 2. The molecule has 2 heterocycles. The maximum Gasteiger partial charge on any atom is 0.342 e. The molecule has 0 fully saturated rings. The van der Waals surface area contributed by atoms with E-state index in [1.165, 1.54) is 17.0 Å². The Labute approximate surface area is 166 Å². The van der Waals surface area contributed by atoms with Gasteiger partial charge in [0.1, 0.15) is 6.33 Å². The molecule has 0 aliphatic rings. The number of aromatic nitrogens is 4. The lowest BCUT2D eigenvalue weighted by atomic mass is 10.1. The first-order valence-corrected chi connectivity index (χ1v) is 9.15. The molecule has 1 atom stereocenters. The lowest BCUT2D eigenvalue weighted by Crippen LogP contribution is -2.31. The first kappa shape index (κ1) is 19.8. The third kappa shape index (κ3) is 4.28. The quantitative estimate of drug-likeness (QED) is 0.637. The molecule has 0 aliphatic carbocycles. The van der Waals surface area contributed by atoms with Crippen LogP contribution in [0.1, 0.15) is 54.3 Å². The van der Waals surface area contributed by atoms with Crippen molar-refractivity contribution in [2.24, 2.45) is 0 Å². The van der Waals surface area contributed by atoms with Gasteiger partial charge < -0.3 is 10.1 Å². The van der Waals surface area contributed by atoms with Crippen molar-refractivity contribution in [2.75, 3.05) is 6.61 Å². The van der Waals surface area contributed by atoms with Crippen LogP contribution in [0.2, 0.25) is 5.02 Å². The van der Waals surface area contributed by atoms with E-state index in [9.17, 15) is 9.59 Å². The molecule has 0 saturated heterocycles. The average molecular weight is 402 g/mol. The highest BCUT2D eigenvalue weighted by atomic mass is 35.5. The molecular weight excluding hydrogens is 382 g/mol. The number of hydrogen-bond acceptors (Lipinski definition) is 6. The van der Waals surface area contributed by atoms with Gasteiger partial charge in [0.15, 0.2) is 6.61 Å². The van der Waals surface area contributed by atoms with Crippen LogP contribution in [0.4, 0.5) is 0 Å². The number of nitrogens with zero attached hydrogens (tertiary/aromatic N) is 4. The van der Waals surface area contributed by atoms with Crippen molar-refractivity contribution in [1.82, 2.24) is 24.9 Å². The van der Waals surface area contributed by atoms with Gasteiger partial charge in [-0.3, -0.25) is 4.79 Å². The van der Waals surface area contributed by atoms with Gasteiger partial charge in [0.05, 0.1) is 17.3 Å². The Bertz CT molecular complexity index is 1000. The summed E-state index contributed by atoms with van der Waals surface area (Å²) in [6.45, 7) is 5.29. The minimum Gasteiger partial charge on any atom is -0.452 e. The monoisotopic (exact) mass is 401 g/mol. The molecule has 8 nitrogen and oxygen atoms in total. The summed E-state index contributed by atoms with van der Waals surface area (Å²) in [6, 6.07) is 6.91. The van der Waals surface area contributed by atoms with Crippen LogP contribution in [0.3, 0.4) is 0 Å². The first-order chi connectivity index (χ1) is 13.4. The topological polar surface area (TPSA) is 98.5 Å². The van der Waals surface area contributed by atoms with E-state index in [4.69, 9.17) is 16.3 Å². The van der Waals surface area contributed by atoms with E-state index in [2.05, 4.69) is 20.4 Å². The van der Waals surface area contributed by atoms with E-state index >= 15 is 0 Å². The van der Waals surface area contributed by atoms with Crippen LogP contribution in [0.15, 0.2) is 36.8 Å². The molecule has 1 aromatic carbocycles. The van der Waals surface area contributed by atoms with Crippen LogP contribution in [0, 0.1) is 0 Å². The van der Waals surface area contributed by atoms with Gasteiger partial charge in [-0.15, -0.1) is 0 Å². The second-order valence-electron chi connectivity index (χ2n) is 6.60. The minimum atomic E-state index is -0.636. The Hall–Kier alpha value is -3.00. The fourth-order valence-electron chi connectivity index (χ4n) is 2.84. The number of nitrogens with one attached hydrogen (secondary N) is 1. The highest BCUT2D eigenvalue weighted by Gasteiger charge is 2.21. The molecule has 3 aromatic rings. The van der Waals surface area contributed by atoms with Crippen LogP contribution in [-0.4, -0.2) is 38.1 Å². The van der Waals surface area contributed by atoms with Crippen molar-refractivity contribution in [3.05, 3.63) is 58.6 Å². The van der Waals surface area contributed by atoms with E-state index in [1.54, 1.807) is 12.1 Å². The zero-order valence-corrected chi connectivity index (χ0v) is 16.5. The molecule has 3 rings (SSSR count). The van der Waals surface area contributed by atoms with E-state index < -0.39 is 18.5 Å². The molecule has 0 saturated carbocycles. The summed E-state index contributed by atoms with van der Waals surface area (Å²) >= 11 is 5.87. The average Bonchev–Trinajstić information content (AvgIpc) is 3.14. The van der Waals surface area contributed by atoms with Gasteiger partial charge in [-0.25, -0.2) is 14.3 Å². The Morgan fingerprint density at radius 1 is 1.18 bits per heavy atom. The van der Waals surface area contributed by atoms with Gasteiger partial charge in [0, 0.05) is 11.2 Å². The number of halogens is 1. The van der Waals surface area contributed by atoms with Crippen LogP contribution in [0.25, 0.3) is 5.78 Å². The molecule has 28 heavy (non-hydrogen) atoms. The number of rotatable bonds is 6. The number of esters is 1. The van der Waals surface area contributed by atoms with Crippen molar-refractivity contribution in [2.45, 2.75) is 32.7 Å².